The molecular weight excluding hydrogens is 342 g/mol. The molecule has 0 aromatic heterocycles. The SMILES string of the molecule is COCOc1ccc([N+](=O)[O-])c(C(=O)/C=C/c2cccc(C(=O)O)c2)c1. The van der Waals surface area contributed by atoms with Crippen LogP contribution in [0.25, 0.3) is 6.08 Å². The molecule has 26 heavy (non-hydrogen) atoms. The molecule has 0 radical (unpaired) electrons. The fourth-order valence-corrected chi connectivity index (χ4v) is 2.13. The number of hydrogen-bond acceptors (Lipinski definition) is 6. The number of nitro groups is 1. The normalized spacial score (nSPS) is 10.7. The van der Waals surface area contributed by atoms with Crippen molar-refractivity contribution in [3.63, 3.8) is 0 Å². The number of carboxylic acid groups (broad SMARTS) is 1. The number of ketones is 1. The van der Waals surface area contributed by atoms with Crippen molar-refractivity contribution in [2.45, 2.75) is 0 Å². The van der Waals surface area contributed by atoms with Crippen LogP contribution < -0.4 is 4.74 Å². The molecule has 0 heterocycles. The summed E-state index contributed by atoms with van der Waals surface area (Å²) in [7, 11) is 1.42. The maximum atomic E-state index is 12.4. The van der Waals surface area contributed by atoms with Gasteiger partial charge in [-0.05, 0) is 35.9 Å². The van der Waals surface area contributed by atoms with Crippen LogP contribution in [0.3, 0.4) is 0 Å². The molecule has 1 N–H and O–H groups in total. The topological polar surface area (TPSA) is 116 Å². The molecule has 2 aromatic carbocycles. The van der Waals surface area contributed by atoms with E-state index in [0.29, 0.717) is 5.56 Å². The Bertz CT molecular complexity index is 874. The molecule has 0 bridgehead atoms. The van der Waals surface area contributed by atoms with Gasteiger partial charge in [0.25, 0.3) is 5.69 Å². The number of carbonyl (C=O) groups excluding carboxylic acids is 1. The van der Waals surface area contributed by atoms with E-state index in [0.717, 1.165) is 6.08 Å². The van der Waals surface area contributed by atoms with Crippen LogP contribution in [0.2, 0.25) is 0 Å². The van der Waals surface area contributed by atoms with Crippen molar-refractivity contribution in [1.82, 2.24) is 0 Å². The quantitative estimate of drug-likeness (QED) is 0.253. The molecule has 0 unspecified atom stereocenters. The van der Waals surface area contributed by atoms with E-state index in [1.54, 1.807) is 6.07 Å². The number of allylic oxidation sites excluding steroid dienone is 1. The second-order valence-electron chi connectivity index (χ2n) is 5.12. The highest BCUT2D eigenvalue weighted by molar-refractivity contribution is 6.09. The van der Waals surface area contributed by atoms with E-state index in [9.17, 15) is 19.7 Å². The lowest BCUT2D eigenvalue weighted by molar-refractivity contribution is -0.385. The zero-order valence-corrected chi connectivity index (χ0v) is 13.7. The van der Waals surface area contributed by atoms with Gasteiger partial charge in [0.2, 0.25) is 0 Å². The van der Waals surface area contributed by atoms with Crippen molar-refractivity contribution < 1.29 is 29.1 Å². The predicted molar refractivity (Wildman–Crippen MR) is 92.4 cm³/mol. The molecule has 2 aromatic rings. The Morgan fingerprint density at radius 2 is 2.00 bits per heavy atom. The smallest absolute Gasteiger partial charge is 0.335 e. The van der Waals surface area contributed by atoms with Crippen LogP contribution in [0.4, 0.5) is 5.69 Å². The molecule has 134 valence electrons. The number of ether oxygens (including phenoxy) is 2. The van der Waals surface area contributed by atoms with Gasteiger partial charge in [-0.25, -0.2) is 4.79 Å². The van der Waals surface area contributed by atoms with Gasteiger partial charge in [0, 0.05) is 13.2 Å². The number of nitrogens with zero attached hydrogens (tertiary/aromatic N) is 1. The van der Waals surface area contributed by atoms with Gasteiger partial charge in [-0.15, -0.1) is 0 Å². The predicted octanol–water partition coefficient (Wildman–Crippen LogP) is 3.17. The van der Waals surface area contributed by atoms with Crippen LogP contribution in [-0.4, -0.2) is 35.7 Å². The van der Waals surface area contributed by atoms with Crippen LogP contribution in [0.5, 0.6) is 5.75 Å². The first kappa shape index (κ1) is 18.8. The molecule has 0 aliphatic carbocycles. The average Bonchev–Trinajstić information content (AvgIpc) is 2.64. The van der Waals surface area contributed by atoms with E-state index in [1.807, 2.05) is 0 Å². The van der Waals surface area contributed by atoms with Crippen molar-refractivity contribution in [2.75, 3.05) is 13.9 Å². The molecule has 0 atom stereocenters. The molecule has 0 spiro atoms. The van der Waals surface area contributed by atoms with E-state index in [-0.39, 0.29) is 29.4 Å². The van der Waals surface area contributed by atoms with Crippen molar-refractivity contribution in [2.24, 2.45) is 0 Å². The van der Waals surface area contributed by atoms with Gasteiger partial charge in [0.05, 0.1) is 10.5 Å². The minimum absolute atomic E-state index is 0.0662. The van der Waals surface area contributed by atoms with Gasteiger partial charge in [-0.3, -0.25) is 14.9 Å². The lowest BCUT2D eigenvalue weighted by Crippen LogP contribution is -2.04. The molecule has 8 nitrogen and oxygen atoms in total. The standard InChI is InChI=1S/C18H15NO7/c1-25-11-26-14-6-7-16(19(23)24)15(10-14)17(20)8-5-12-3-2-4-13(9-12)18(21)22/h2-10H,11H2,1H3,(H,21,22)/b8-5+. The average molecular weight is 357 g/mol. The van der Waals surface area contributed by atoms with Gasteiger partial charge >= 0.3 is 5.97 Å². The molecule has 8 heteroatoms. The van der Waals surface area contributed by atoms with Gasteiger partial charge in [0.15, 0.2) is 12.6 Å². The van der Waals surface area contributed by atoms with Crippen LogP contribution >= 0.6 is 0 Å². The van der Waals surface area contributed by atoms with E-state index < -0.39 is 16.7 Å². The first-order valence-corrected chi connectivity index (χ1v) is 7.38. The Labute approximate surface area is 148 Å². The lowest BCUT2D eigenvalue weighted by Gasteiger charge is -2.06. The number of benzene rings is 2. The highest BCUT2D eigenvalue weighted by atomic mass is 16.7. The Kier molecular flexibility index (Phi) is 6.18. The maximum Gasteiger partial charge on any atom is 0.335 e. The first-order chi connectivity index (χ1) is 12.4. The minimum Gasteiger partial charge on any atom is -0.478 e. The molecular formula is C18H15NO7. The summed E-state index contributed by atoms with van der Waals surface area (Å²) in [5.41, 5.74) is 0.0474. The minimum atomic E-state index is -1.09. The van der Waals surface area contributed by atoms with E-state index in [2.05, 4.69) is 0 Å². The Balaban J connectivity index is 2.31. The van der Waals surface area contributed by atoms with Gasteiger partial charge < -0.3 is 14.6 Å². The van der Waals surface area contributed by atoms with Crippen molar-refractivity contribution in [3.05, 3.63) is 75.3 Å². The summed E-state index contributed by atoms with van der Waals surface area (Å²) in [5, 5.41) is 20.1. The Morgan fingerprint density at radius 3 is 2.65 bits per heavy atom. The van der Waals surface area contributed by atoms with Crippen molar-refractivity contribution >= 4 is 23.5 Å². The van der Waals surface area contributed by atoms with Crippen LogP contribution in [0, 0.1) is 10.1 Å². The third-order valence-corrected chi connectivity index (χ3v) is 3.33. The van der Waals surface area contributed by atoms with Gasteiger partial charge in [-0.2, -0.15) is 0 Å². The summed E-state index contributed by atoms with van der Waals surface area (Å²) >= 11 is 0. The Morgan fingerprint density at radius 1 is 1.23 bits per heavy atom. The second-order valence-corrected chi connectivity index (χ2v) is 5.12. The third kappa shape index (κ3) is 4.74. The number of methoxy groups -OCH3 is 1. The molecule has 0 aliphatic rings. The summed E-state index contributed by atoms with van der Waals surface area (Å²) < 4.78 is 9.96. The number of aromatic carboxylic acids is 1. The van der Waals surface area contributed by atoms with Crippen LogP contribution in [0.1, 0.15) is 26.3 Å². The number of hydrogen-bond donors (Lipinski definition) is 1. The van der Waals surface area contributed by atoms with E-state index in [1.165, 1.54) is 49.6 Å². The number of nitro benzene ring substituents is 1. The van der Waals surface area contributed by atoms with Crippen LogP contribution in [-0.2, 0) is 4.74 Å². The second kappa shape index (κ2) is 8.54. The summed E-state index contributed by atoms with van der Waals surface area (Å²) in [4.78, 5) is 33.8. The first-order valence-electron chi connectivity index (χ1n) is 7.38. The summed E-state index contributed by atoms with van der Waals surface area (Å²) in [6.07, 6.45) is 2.53. The van der Waals surface area contributed by atoms with E-state index >= 15 is 0 Å². The highest BCUT2D eigenvalue weighted by Crippen LogP contribution is 2.25. The highest BCUT2D eigenvalue weighted by Gasteiger charge is 2.19. The zero-order valence-electron chi connectivity index (χ0n) is 13.7. The molecule has 0 saturated heterocycles. The Hall–Kier alpha value is -3.52. The number of carbonyl (C=O) groups is 2. The van der Waals surface area contributed by atoms with Crippen LogP contribution in [0.15, 0.2) is 48.5 Å². The molecule has 0 fully saturated rings. The number of rotatable bonds is 8. The summed E-state index contributed by atoms with van der Waals surface area (Å²) in [6.45, 7) is -0.0662. The largest absolute Gasteiger partial charge is 0.478 e. The van der Waals surface area contributed by atoms with Crippen molar-refractivity contribution in [1.29, 1.82) is 0 Å². The monoisotopic (exact) mass is 357 g/mol. The zero-order chi connectivity index (χ0) is 19.1. The summed E-state index contributed by atoms with van der Waals surface area (Å²) in [5.74, 6) is -1.45. The molecule has 2 rings (SSSR count). The fourth-order valence-electron chi connectivity index (χ4n) is 2.13. The molecule has 0 amide bonds. The summed E-state index contributed by atoms with van der Waals surface area (Å²) in [6, 6.07) is 9.77. The third-order valence-electron chi connectivity index (χ3n) is 3.33. The fraction of sp³-hybridized carbons (Fsp3) is 0.111. The lowest BCUT2D eigenvalue weighted by atomic mass is 10.1. The van der Waals surface area contributed by atoms with Gasteiger partial charge in [0.1, 0.15) is 11.3 Å². The maximum absolute atomic E-state index is 12.4. The number of carboxylic acids is 1. The van der Waals surface area contributed by atoms with Gasteiger partial charge in [-0.1, -0.05) is 18.2 Å². The molecule has 0 saturated carbocycles. The van der Waals surface area contributed by atoms with E-state index in [4.69, 9.17) is 14.6 Å². The van der Waals surface area contributed by atoms with Crippen molar-refractivity contribution in [3.8, 4) is 5.75 Å². The molecule has 0 aliphatic heterocycles.